The summed E-state index contributed by atoms with van der Waals surface area (Å²) in [5.41, 5.74) is 0. The van der Waals surface area contributed by atoms with Gasteiger partial charge < -0.3 is 10.2 Å². The molecular weight excluding hydrogens is 204 g/mol. The zero-order chi connectivity index (χ0) is 11.1. The van der Waals surface area contributed by atoms with Gasteiger partial charge >= 0.3 is 0 Å². The van der Waals surface area contributed by atoms with Crippen LogP contribution in [0.15, 0.2) is 0 Å². The van der Waals surface area contributed by atoms with Crippen molar-refractivity contribution < 1.29 is 0 Å². The van der Waals surface area contributed by atoms with Gasteiger partial charge in [0.05, 0.1) is 5.75 Å². The molecule has 1 aliphatic rings. The highest BCUT2D eigenvalue weighted by Gasteiger charge is 2.23. The number of likely N-dealkylation sites (tertiary alicyclic amines) is 1. The molecular formula is C12H22N2S. The van der Waals surface area contributed by atoms with E-state index in [9.17, 15) is 0 Å². The molecule has 0 radical (unpaired) electrons. The minimum Gasteiger partial charge on any atom is -0.317 e. The first-order valence-corrected chi connectivity index (χ1v) is 6.84. The van der Waals surface area contributed by atoms with Crippen LogP contribution in [0.2, 0.25) is 0 Å². The van der Waals surface area contributed by atoms with Crippen LogP contribution in [0.3, 0.4) is 0 Å². The number of rotatable bonds is 5. The summed E-state index contributed by atoms with van der Waals surface area (Å²) in [5, 5.41) is 3.39. The first-order valence-electron chi connectivity index (χ1n) is 5.68. The third-order valence-electron chi connectivity index (χ3n) is 3.10. The van der Waals surface area contributed by atoms with Gasteiger partial charge in [-0.15, -0.1) is 18.2 Å². The molecule has 2 nitrogen and oxygen atoms in total. The number of nitrogens with one attached hydrogen (secondary N) is 1. The molecule has 1 saturated heterocycles. The molecule has 1 N–H and O–H groups in total. The summed E-state index contributed by atoms with van der Waals surface area (Å²) in [6, 6.07) is 0.708. The van der Waals surface area contributed by atoms with Gasteiger partial charge in [-0.1, -0.05) is 12.8 Å². The molecule has 2 atom stereocenters. The number of terminal acetylenes is 1. The zero-order valence-electron chi connectivity index (χ0n) is 9.83. The molecule has 0 aliphatic carbocycles. The number of piperidine rings is 1. The molecule has 15 heavy (non-hydrogen) atoms. The van der Waals surface area contributed by atoms with E-state index in [1.165, 1.54) is 31.8 Å². The van der Waals surface area contributed by atoms with Crippen LogP contribution in [0, 0.1) is 18.3 Å². The number of nitrogens with zero attached hydrogens (tertiary/aromatic N) is 1. The lowest BCUT2D eigenvalue weighted by Crippen LogP contribution is -2.47. The zero-order valence-corrected chi connectivity index (χ0v) is 10.6. The van der Waals surface area contributed by atoms with Crippen LogP contribution in [-0.2, 0) is 0 Å². The molecule has 1 aliphatic heterocycles. The molecule has 1 heterocycles. The summed E-state index contributed by atoms with van der Waals surface area (Å²) in [4.78, 5) is 2.56. The molecule has 0 aromatic heterocycles. The summed E-state index contributed by atoms with van der Waals surface area (Å²) < 4.78 is 0. The van der Waals surface area contributed by atoms with Crippen LogP contribution in [0.1, 0.15) is 13.3 Å². The molecule has 1 fully saturated rings. The third-order valence-corrected chi connectivity index (χ3v) is 3.94. The Morgan fingerprint density at radius 3 is 3.00 bits per heavy atom. The average molecular weight is 226 g/mol. The number of hydrogen-bond donors (Lipinski definition) is 1. The van der Waals surface area contributed by atoms with E-state index in [2.05, 4.69) is 30.1 Å². The summed E-state index contributed by atoms with van der Waals surface area (Å²) in [6.45, 7) is 5.98. The molecule has 86 valence electrons. The van der Waals surface area contributed by atoms with Gasteiger partial charge in [0.1, 0.15) is 0 Å². The van der Waals surface area contributed by atoms with E-state index in [-0.39, 0.29) is 0 Å². The minimum absolute atomic E-state index is 0.708. The van der Waals surface area contributed by atoms with Gasteiger partial charge in [0.25, 0.3) is 0 Å². The standard InChI is InChI=1S/C12H22N2S/c1-4-8-15-9-7-14-6-5-12(13-3)11(2)10-14/h1,11-13H,5-10H2,2-3H3. The molecule has 0 spiro atoms. The van der Waals surface area contributed by atoms with E-state index in [0.717, 1.165) is 11.7 Å². The first kappa shape index (κ1) is 12.9. The Morgan fingerprint density at radius 1 is 1.60 bits per heavy atom. The number of thioether (sulfide) groups is 1. The monoisotopic (exact) mass is 226 g/mol. The first-order chi connectivity index (χ1) is 7.27. The maximum Gasteiger partial charge on any atom is 0.0545 e. The predicted octanol–water partition coefficient (Wildman–Crippen LogP) is 1.28. The highest BCUT2D eigenvalue weighted by Crippen LogP contribution is 2.16. The Hall–Kier alpha value is -0.170. The largest absolute Gasteiger partial charge is 0.317 e. The van der Waals surface area contributed by atoms with E-state index in [0.29, 0.717) is 6.04 Å². The van der Waals surface area contributed by atoms with Crippen LogP contribution in [0.25, 0.3) is 0 Å². The topological polar surface area (TPSA) is 15.3 Å². The van der Waals surface area contributed by atoms with Gasteiger partial charge in [0.15, 0.2) is 0 Å². The van der Waals surface area contributed by atoms with Crippen molar-refractivity contribution in [3.05, 3.63) is 0 Å². The van der Waals surface area contributed by atoms with Crippen molar-refractivity contribution in [3.8, 4) is 12.3 Å². The SMILES string of the molecule is C#CCSCCN1CCC(NC)C(C)C1. The van der Waals surface area contributed by atoms with Crippen molar-refractivity contribution in [3.63, 3.8) is 0 Å². The lowest BCUT2D eigenvalue weighted by Gasteiger charge is -2.36. The van der Waals surface area contributed by atoms with Gasteiger partial charge in [-0.05, 0) is 25.9 Å². The van der Waals surface area contributed by atoms with Gasteiger partial charge in [-0.25, -0.2) is 0 Å². The van der Waals surface area contributed by atoms with Crippen LogP contribution in [-0.4, -0.2) is 49.1 Å². The Morgan fingerprint density at radius 2 is 2.40 bits per heavy atom. The summed E-state index contributed by atoms with van der Waals surface area (Å²) in [5.74, 6) is 5.45. The second-order valence-corrected chi connectivity index (χ2v) is 5.32. The minimum atomic E-state index is 0.708. The average Bonchev–Trinajstić information content (AvgIpc) is 2.25. The lowest BCUT2D eigenvalue weighted by atomic mass is 9.94. The molecule has 0 aromatic carbocycles. The summed E-state index contributed by atoms with van der Waals surface area (Å²) >= 11 is 1.86. The van der Waals surface area contributed by atoms with Gasteiger partial charge in [-0.2, -0.15) is 0 Å². The maximum absolute atomic E-state index is 5.21. The molecule has 0 saturated carbocycles. The van der Waals surface area contributed by atoms with Gasteiger partial charge in [0.2, 0.25) is 0 Å². The maximum atomic E-state index is 5.21. The molecule has 1 rings (SSSR count). The smallest absolute Gasteiger partial charge is 0.0545 e. The molecule has 2 unspecified atom stereocenters. The van der Waals surface area contributed by atoms with E-state index < -0.39 is 0 Å². The molecule has 0 aromatic rings. The molecule has 0 bridgehead atoms. The van der Waals surface area contributed by atoms with Gasteiger partial charge in [0, 0.05) is 24.9 Å². The molecule has 0 amide bonds. The van der Waals surface area contributed by atoms with Crippen LogP contribution >= 0.6 is 11.8 Å². The predicted molar refractivity (Wildman–Crippen MR) is 69.2 cm³/mol. The normalized spacial score (nSPS) is 27.5. The fourth-order valence-electron chi connectivity index (χ4n) is 2.19. The second-order valence-electron chi connectivity index (χ2n) is 4.22. The Kier molecular flexibility index (Phi) is 6.16. The fraction of sp³-hybridized carbons (Fsp3) is 0.833. The van der Waals surface area contributed by atoms with E-state index in [4.69, 9.17) is 6.42 Å². The highest BCUT2D eigenvalue weighted by atomic mass is 32.2. The van der Waals surface area contributed by atoms with E-state index >= 15 is 0 Å². The van der Waals surface area contributed by atoms with Crippen LogP contribution < -0.4 is 5.32 Å². The van der Waals surface area contributed by atoms with E-state index in [1.54, 1.807) is 0 Å². The summed E-state index contributed by atoms with van der Waals surface area (Å²) in [7, 11) is 2.07. The third kappa shape index (κ3) is 4.46. The van der Waals surface area contributed by atoms with Crippen LogP contribution in [0.5, 0.6) is 0 Å². The van der Waals surface area contributed by atoms with Crippen molar-refractivity contribution >= 4 is 11.8 Å². The number of hydrogen-bond acceptors (Lipinski definition) is 3. The fourth-order valence-corrected chi connectivity index (χ4v) is 2.84. The van der Waals surface area contributed by atoms with Crippen molar-refractivity contribution in [1.82, 2.24) is 10.2 Å². The van der Waals surface area contributed by atoms with Crippen molar-refractivity contribution in [2.24, 2.45) is 5.92 Å². The van der Waals surface area contributed by atoms with Crippen LogP contribution in [0.4, 0.5) is 0 Å². The van der Waals surface area contributed by atoms with Crippen molar-refractivity contribution in [2.75, 3.05) is 38.2 Å². The summed E-state index contributed by atoms with van der Waals surface area (Å²) in [6.07, 6.45) is 6.49. The molecule has 3 heteroatoms. The quantitative estimate of drug-likeness (QED) is 0.562. The highest BCUT2D eigenvalue weighted by molar-refractivity contribution is 7.99. The van der Waals surface area contributed by atoms with Gasteiger partial charge in [-0.3, -0.25) is 0 Å². The van der Waals surface area contributed by atoms with Crippen molar-refractivity contribution in [1.29, 1.82) is 0 Å². The Balaban J connectivity index is 2.15. The second kappa shape index (κ2) is 7.16. The van der Waals surface area contributed by atoms with Crippen molar-refractivity contribution in [2.45, 2.75) is 19.4 Å². The van der Waals surface area contributed by atoms with E-state index in [1.807, 2.05) is 11.8 Å². The lowest BCUT2D eigenvalue weighted by molar-refractivity contribution is 0.159. The Labute approximate surface area is 98.2 Å². The Bertz CT molecular complexity index is 212.